The van der Waals surface area contributed by atoms with Crippen molar-refractivity contribution in [3.8, 4) is 0 Å². The molecule has 0 aliphatic carbocycles. The molecule has 0 saturated heterocycles. The number of aromatic nitrogens is 4. The molecule has 0 atom stereocenters. The SMILES string of the molecule is Nc1nn2c(=O)c(Cc3ccc(F)cc3)nnc2s1. The van der Waals surface area contributed by atoms with Gasteiger partial charge in [-0.2, -0.15) is 4.52 Å². The van der Waals surface area contributed by atoms with Gasteiger partial charge in [0.25, 0.3) is 5.56 Å². The third-order valence-corrected chi connectivity index (χ3v) is 3.28. The van der Waals surface area contributed by atoms with E-state index >= 15 is 0 Å². The van der Waals surface area contributed by atoms with E-state index in [-0.39, 0.29) is 28.6 Å². The Labute approximate surface area is 110 Å². The monoisotopic (exact) mass is 277 g/mol. The molecule has 0 spiro atoms. The van der Waals surface area contributed by atoms with Crippen LogP contribution >= 0.6 is 11.3 Å². The highest BCUT2D eigenvalue weighted by atomic mass is 32.1. The molecule has 3 aromatic rings. The van der Waals surface area contributed by atoms with Gasteiger partial charge >= 0.3 is 0 Å². The Hall–Kier alpha value is -2.35. The molecule has 0 unspecified atom stereocenters. The van der Waals surface area contributed by atoms with Crippen molar-refractivity contribution in [1.29, 1.82) is 0 Å². The zero-order chi connectivity index (χ0) is 13.4. The molecule has 0 radical (unpaired) electrons. The molecule has 6 nitrogen and oxygen atoms in total. The van der Waals surface area contributed by atoms with Crippen LogP contribution in [-0.2, 0) is 6.42 Å². The normalized spacial score (nSPS) is 11.0. The van der Waals surface area contributed by atoms with Crippen LogP contribution in [0.5, 0.6) is 0 Å². The zero-order valence-corrected chi connectivity index (χ0v) is 10.4. The standard InChI is InChI=1S/C11H8FN5OS/c12-7-3-1-6(2-4-7)5-8-9(18)17-11(15-14-8)19-10(13)16-17/h1-4H,5H2,(H2,13,16). The van der Waals surface area contributed by atoms with Gasteiger partial charge in [0.2, 0.25) is 10.1 Å². The van der Waals surface area contributed by atoms with E-state index in [1.54, 1.807) is 12.1 Å². The molecule has 0 aliphatic heterocycles. The molecule has 8 heteroatoms. The molecule has 19 heavy (non-hydrogen) atoms. The highest BCUT2D eigenvalue weighted by molar-refractivity contribution is 7.20. The van der Waals surface area contributed by atoms with Crippen LogP contribution in [-0.4, -0.2) is 19.8 Å². The van der Waals surface area contributed by atoms with Gasteiger partial charge in [0.15, 0.2) is 0 Å². The number of hydrogen-bond donors (Lipinski definition) is 1. The zero-order valence-electron chi connectivity index (χ0n) is 9.58. The Morgan fingerprint density at radius 2 is 2.00 bits per heavy atom. The summed E-state index contributed by atoms with van der Waals surface area (Å²) >= 11 is 1.09. The second-order valence-electron chi connectivity index (χ2n) is 3.89. The first-order valence-corrected chi connectivity index (χ1v) is 6.20. The number of halogens is 1. The molecule has 0 aliphatic rings. The van der Waals surface area contributed by atoms with Crippen LogP contribution in [0.15, 0.2) is 29.1 Å². The molecule has 0 fully saturated rings. The summed E-state index contributed by atoms with van der Waals surface area (Å²) in [5, 5.41) is 11.9. The molecular weight excluding hydrogens is 269 g/mol. The summed E-state index contributed by atoms with van der Waals surface area (Å²) in [6, 6.07) is 5.86. The maximum absolute atomic E-state index is 12.8. The summed E-state index contributed by atoms with van der Waals surface area (Å²) in [5.41, 5.74) is 6.18. The van der Waals surface area contributed by atoms with E-state index in [0.717, 1.165) is 21.4 Å². The van der Waals surface area contributed by atoms with E-state index < -0.39 is 0 Å². The quantitative estimate of drug-likeness (QED) is 0.750. The largest absolute Gasteiger partial charge is 0.374 e. The molecule has 0 bridgehead atoms. The van der Waals surface area contributed by atoms with Crippen LogP contribution in [0.4, 0.5) is 9.52 Å². The lowest BCUT2D eigenvalue weighted by Gasteiger charge is -1.99. The highest BCUT2D eigenvalue weighted by Crippen LogP contribution is 2.12. The average Bonchev–Trinajstić information content (AvgIpc) is 2.77. The number of rotatable bonds is 2. The maximum atomic E-state index is 12.8. The molecule has 1 aromatic carbocycles. The first-order chi connectivity index (χ1) is 9.13. The predicted octanol–water partition coefficient (Wildman–Crippen LogP) is 0.858. The van der Waals surface area contributed by atoms with E-state index in [4.69, 9.17) is 5.73 Å². The minimum absolute atomic E-state index is 0.245. The van der Waals surface area contributed by atoms with Crippen molar-refractivity contribution in [2.45, 2.75) is 6.42 Å². The van der Waals surface area contributed by atoms with E-state index in [1.165, 1.54) is 12.1 Å². The first-order valence-electron chi connectivity index (χ1n) is 5.39. The van der Waals surface area contributed by atoms with Gasteiger partial charge in [-0.3, -0.25) is 4.79 Å². The summed E-state index contributed by atoms with van der Waals surface area (Å²) < 4.78 is 13.9. The molecule has 2 N–H and O–H groups in total. The third-order valence-electron chi connectivity index (χ3n) is 2.56. The van der Waals surface area contributed by atoms with Crippen molar-refractivity contribution in [1.82, 2.24) is 19.8 Å². The Bertz CT molecular complexity index is 795. The van der Waals surface area contributed by atoms with Gasteiger partial charge in [-0.15, -0.1) is 15.3 Å². The fourth-order valence-corrected chi connectivity index (χ4v) is 2.27. The van der Waals surface area contributed by atoms with E-state index in [1.807, 2.05) is 0 Å². The van der Waals surface area contributed by atoms with Crippen molar-refractivity contribution in [2.24, 2.45) is 0 Å². The summed E-state index contributed by atoms with van der Waals surface area (Å²) in [6.07, 6.45) is 0.270. The van der Waals surface area contributed by atoms with Crippen LogP contribution in [0, 0.1) is 5.82 Å². The molecule has 3 rings (SSSR count). The van der Waals surface area contributed by atoms with Crippen molar-refractivity contribution >= 4 is 21.4 Å². The van der Waals surface area contributed by atoms with Crippen LogP contribution in [0.2, 0.25) is 0 Å². The molecule has 2 heterocycles. The van der Waals surface area contributed by atoms with E-state index in [9.17, 15) is 9.18 Å². The van der Waals surface area contributed by atoms with Crippen LogP contribution in [0.3, 0.4) is 0 Å². The lowest BCUT2D eigenvalue weighted by Crippen LogP contribution is -2.22. The van der Waals surface area contributed by atoms with Crippen LogP contribution in [0.25, 0.3) is 4.96 Å². The fraction of sp³-hybridized carbons (Fsp3) is 0.0909. The van der Waals surface area contributed by atoms with Gasteiger partial charge in [0, 0.05) is 6.42 Å². The van der Waals surface area contributed by atoms with Gasteiger partial charge in [0.1, 0.15) is 11.5 Å². The Morgan fingerprint density at radius 1 is 1.26 bits per heavy atom. The van der Waals surface area contributed by atoms with Crippen LogP contribution < -0.4 is 11.3 Å². The number of nitrogens with two attached hydrogens (primary N) is 1. The number of fused-ring (bicyclic) bond motifs is 1. The number of hydrogen-bond acceptors (Lipinski definition) is 6. The van der Waals surface area contributed by atoms with Crippen molar-refractivity contribution in [2.75, 3.05) is 5.73 Å². The maximum Gasteiger partial charge on any atom is 0.297 e. The second kappa shape index (κ2) is 4.39. The Kier molecular flexibility index (Phi) is 2.71. The average molecular weight is 277 g/mol. The second-order valence-corrected chi connectivity index (χ2v) is 4.88. The molecule has 96 valence electrons. The number of nitrogens with zero attached hydrogens (tertiary/aromatic N) is 4. The Balaban J connectivity index is 2.03. The third kappa shape index (κ3) is 2.17. The van der Waals surface area contributed by atoms with E-state index in [0.29, 0.717) is 4.96 Å². The van der Waals surface area contributed by atoms with Crippen LogP contribution in [0.1, 0.15) is 11.3 Å². The Morgan fingerprint density at radius 3 is 2.74 bits per heavy atom. The van der Waals surface area contributed by atoms with Gasteiger partial charge in [0.05, 0.1) is 0 Å². The lowest BCUT2D eigenvalue weighted by molar-refractivity contribution is 0.627. The first kappa shape index (κ1) is 11.7. The highest BCUT2D eigenvalue weighted by Gasteiger charge is 2.11. The van der Waals surface area contributed by atoms with Crippen molar-refractivity contribution < 1.29 is 4.39 Å². The minimum atomic E-state index is -0.359. The van der Waals surface area contributed by atoms with Gasteiger partial charge in [-0.1, -0.05) is 23.5 Å². The molecular formula is C11H8FN5OS. The van der Waals surface area contributed by atoms with E-state index in [2.05, 4.69) is 15.3 Å². The van der Waals surface area contributed by atoms with Gasteiger partial charge in [-0.05, 0) is 17.7 Å². The molecule has 2 aromatic heterocycles. The number of nitrogen functional groups attached to an aromatic ring is 1. The number of anilines is 1. The minimum Gasteiger partial charge on any atom is -0.374 e. The van der Waals surface area contributed by atoms with Crippen molar-refractivity contribution in [3.05, 3.63) is 51.7 Å². The van der Waals surface area contributed by atoms with Crippen molar-refractivity contribution in [3.63, 3.8) is 0 Å². The topological polar surface area (TPSA) is 86.2 Å². The van der Waals surface area contributed by atoms with Gasteiger partial charge in [-0.25, -0.2) is 4.39 Å². The molecule has 0 amide bonds. The summed E-state index contributed by atoms with van der Waals surface area (Å²) in [6.45, 7) is 0. The summed E-state index contributed by atoms with van der Waals surface area (Å²) in [5.74, 6) is -0.325. The summed E-state index contributed by atoms with van der Waals surface area (Å²) in [4.78, 5) is 12.4. The molecule has 0 saturated carbocycles. The smallest absolute Gasteiger partial charge is 0.297 e. The fourth-order valence-electron chi connectivity index (χ4n) is 1.67. The summed E-state index contributed by atoms with van der Waals surface area (Å²) in [7, 11) is 0. The number of benzene rings is 1. The predicted molar refractivity (Wildman–Crippen MR) is 68.5 cm³/mol. The van der Waals surface area contributed by atoms with Gasteiger partial charge < -0.3 is 5.73 Å². The lowest BCUT2D eigenvalue weighted by atomic mass is 10.1.